The maximum Gasteiger partial charge on any atom is 0.392 e. The molecule has 1 aliphatic rings. The molecule has 0 bridgehead atoms. The number of esters is 1. The third-order valence-electron chi connectivity index (χ3n) is 3.19. The smallest absolute Gasteiger partial charge is 0.392 e. The Kier molecular flexibility index (Phi) is 5.52. The van der Waals surface area contributed by atoms with Crippen molar-refractivity contribution >= 4 is 23.5 Å². The van der Waals surface area contributed by atoms with E-state index < -0.39 is 24.6 Å². The minimum Gasteiger partial charge on any atom is -0.493 e. The number of fused-ring (bicyclic) bond motifs is 1. The quantitative estimate of drug-likeness (QED) is 0.556. The van der Waals surface area contributed by atoms with Gasteiger partial charge >= 0.3 is 12.1 Å². The van der Waals surface area contributed by atoms with Crippen molar-refractivity contribution in [3.63, 3.8) is 0 Å². The second kappa shape index (κ2) is 7.09. The van der Waals surface area contributed by atoms with E-state index in [-0.39, 0.29) is 5.97 Å². The zero-order valence-electron chi connectivity index (χ0n) is 13.7. The average molecular weight is 360 g/mol. The number of halogens is 3. The van der Waals surface area contributed by atoms with E-state index in [1.807, 2.05) is 0 Å². The maximum absolute atomic E-state index is 12.2. The van der Waals surface area contributed by atoms with Crippen molar-refractivity contribution in [2.45, 2.75) is 38.3 Å². The van der Waals surface area contributed by atoms with Crippen LogP contribution >= 0.6 is 11.8 Å². The first-order chi connectivity index (χ1) is 11.1. The number of carbonyl (C=O) groups excluding carboxylic acids is 1. The van der Waals surface area contributed by atoms with Crippen LogP contribution in [0.25, 0.3) is 5.76 Å². The van der Waals surface area contributed by atoms with Crippen molar-refractivity contribution in [3.05, 3.63) is 29.8 Å². The van der Waals surface area contributed by atoms with E-state index in [2.05, 4.69) is 0 Å². The molecule has 3 nitrogen and oxygen atoms in total. The number of ether oxygens (including phenoxy) is 2. The number of alkyl halides is 3. The molecule has 0 saturated carbocycles. The van der Waals surface area contributed by atoms with Crippen molar-refractivity contribution in [1.82, 2.24) is 0 Å². The molecule has 7 heteroatoms. The number of hydrogen-bond donors (Lipinski definition) is 0. The molecule has 0 amide bonds. The fourth-order valence-electron chi connectivity index (χ4n) is 1.88. The molecule has 0 fully saturated rings. The number of rotatable bonds is 4. The third kappa shape index (κ3) is 5.19. The predicted octanol–water partition coefficient (Wildman–Crippen LogP) is 5.05. The van der Waals surface area contributed by atoms with Gasteiger partial charge in [0.1, 0.15) is 11.5 Å². The lowest BCUT2D eigenvalue weighted by atomic mass is 9.97. The highest BCUT2D eigenvalue weighted by Crippen LogP contribution is 2.37. The summed E-state index contributed by atoms with van der Waals surface area (Å²) >= 11 is 1.51. The van der Waals surface area contributed by atoms with Crippen LogP contribution < -0.4 is 4.74 Å². The largest absolute Gasteiger partial charge is 0.493 e. The second-order valence-corrected chi connectivity index (χ2v) is 7.45. The summed E-state index contributed by atoms with van der Waals surface area (Å²) < 4.78 is 47.3. The molecule has 132 valence electrons. The first-order valence-corrected chi connectivity index (χ1v) is 8.44. The maximum atomic E-state index is 12.2. The summed E-state index contributed by atoms with van der Waals surface area (Å²) in [5, 5.41) is 0. The molecule has 0 N–H and O–H groups in total. The molecule has 1 aromatic rings. The van der Waals surface area contributed by atoms with Gasteiger partial charge in [-0.1, -0.05) is 0 Å². The van der Waals surface area contributed by atoms with Gasteiger partial charge in [-0.2, -0.15) is 13.2 Å². The van der Waals surface area contributed by atoms with E-state index in [0.29, 0.717) is 22.8 Å². The average Bonchev–Trinajstić information content (AvgIpc) is 2.45. The Labute approximate surface area is 143 Å². The number of hydrogen-bond acceptors (Lipinski definition) is 4. The van der Waals surface area contributed by atoms with Gasteiger partial charge in [-0.05, 0) is 45.0 Å². The van der Waals surface area contributed by atoms with Crippen molar-refractivity contribution in [2.75, 3.05) is 12.4 Å². The lowest BCUT2D eigenvalue weighted by molar-refractivity contribution is -0.143. The Morgan fingerprint density at radius 3 is 2.58 bits per heavy atom. The van der Waals surface area contributed by atoms with Crippen LogP contribution in [0, 0.1) is 5.41 Å². The molecule has 1 aromatic carbocycles. The lowest BCUT2D eigenvalue weighted by Crippen LogP contribution is -2.25. The molecule has 0 unspecified atom stereocenters. The molecule has 1 heterocycles. The van der Waals surface area contributed by atoms with Gasteiger partial charge < -0.3 is 9.47 Å². The second-order valence-electron chi connectivity index (χ2n) is 6.39. The van der Waals surface area contributed by atoms with Crippen LogP contribution in [0.1, 0.15) is 32.8 Å². The molecule has 24 heavy (non-hydrogen) atoms. The summed E-state index contributed by atoms with van der Waals surface area (Å²) in [4.78, 5) is 12.7. The van der Waals surface area contributed by atoms with Crippen molar-refractivity contribution in [2.24, 2.45) is 5.41 Å². The zero-order chi connectivity index (χ0) is 18.0. The van der Waals surface area contributed by atoms with Gasteiger partial charge in [-0.15, -0.1) is 11.8 Å². The Balaban J connectivity index is 2.08. The van der Waals surface area contributed by atoms with E-state index in [9.17, 15) is 18.0 Å². The molecular weight excluding hydrogens is 341 g/mol. The highest BCUT2D eigenvalue weighted by molar-refractivity contribution is 7.99. The molecule has 2 rings (SSSR count). The summed E-state index contributed by atoms with van der Waals surface area (Å²) in [6.45, 7) is 4.87. The van der Waals surface area contributed by atoms with Crippen LogP contribution in [-0.2, 0) is 9.53 Å². The molecule has 0 spiro atoms. The van der Waals surface area contributed by atoms with Crippen molar-refractivity contribution in [3.8, 4) is 5.75 Å². The van der Waals surface area contributed by atoms with E-state index in [4.69, 9.17) is 9.47 Å². The van der Waals surface area contributed by atoms with Crippen molar-refractivity contribution in [1.29, 1.82) is 0 Å². The minimum absolute atomic E-state index is 0.347. The molecule has 1 aliphatic heterocycles. The Bertz CT molecular complexity index is 645. The van der Waals surface area contributed by atoms with Crippen LogP contribution in [0.4, 0.5) is 13.2 Å². The van der Waals surface area contributed by atoms with E-state index in [0.717, 1.165) is 4.90 Å². The topological polar surface area (TPSA) is 35.5 Å². The van der Waals surface area contributed by atoms with Gasteiger partial charge in [0.05, 0.1) is 18.4 Å². The highest BCUT2D eigenvalue weighted by atomic mass is 32.2. The first-order valence-electron chi connectivity index (χ1n) is 7.45. The van der Waals surface area contributed by atoms with Crippen LogP contribution in [0.2, 0.25) is 0 Å². The monoisotopic (exact) mass is 360 g/mol. The van der Waals surface area contributed by atoms with Gasteiger partial charge in [0.25, 0.3) is 0 Å². The molecule has 0 saturated heterocycles. The van der Waals surface area contributed by atoms with Gasteiger partial charge in [0.15, 0.2) is 0 Å². The predicted molar refractivity (Wildman–Crippen MR) is 86.9 cm³/mol. The molecule has 0 radical (unpaired) electrons. The van der Waals surface area contributed by atoms with Crippen molar-refractivity contribution < 1.29 is 27.4 Å². The van der Waals surface area contributed by atoms with E-state index in [1.54, 1.807) is 45.0 Å². The number of benzene rings is 1. The lowest BCUT2D eigenvalue weighted by Gasteiger charge is -2.20. The Morgan fingerprint density at radius 1 is 1.25 bits per heavy atom. The summed E-state index contributed by atoms with van der Waals surface area (Å²) in [6.07, 6.45) is -3.48. The molecule has 0 aliphatic carbocycles. The summed E-state index contributed by atoms with van der Waals surface area (Å²) in [5.41, 5.74) is 0.0958. The molecule has 0 aromatic heterocycles. The van der Waals surface area contributed by atoms with Gasteiger partial charge in [0.2, 0.25) is 0 Å². The van der Waals surface area contributed by atoms with Gasteiger partial charge in [-0.25, -0.2) is 0 Å². The molecule has 0 atom stereocenters. The summed E-state index contributed by atoms with van der Waals surface area (Å²) in [6, 6.07) is 5.03. The Hall–Kier alpha value is -1.63. The van der Waals surface area contributed by atoms with Gasteiger partial charge in [-0.3, -0.25) is 4.79 Å². The molecular formula is C17H19F3O3S. The summed E-state index contributed by atoms with van der Waals surface area (Å²) in [7, 11) is 0. The fourth-order valence-corrected chi connectivity index (χ4v) is 2.82. The van der Waals surface area contributed by atoms with Crippen LogP contribution in [0.5, 0.6) is 5.75 Å². The SMILES string of the molecule is CC(C)(C)C(=O)Oc1ccc2c(c1)SCC=C2OCCC(F)(F)F. The van der Waals surface area contributed by atoms with Crippen LogP contribution in [0.15, 0.2) is 29.2 Å². The Morgan fingerprint density at radius 2 is 1.96 bits per heavy atom. The number of thioether (sulfide) groups is 1. The van der Waals surface area contributed by atoms with E-state index in [1.165, 1.54) is 11.8 Å². The van der Waals surface area contributed by atoms with Gasteiger partial charge in [0, 0.05) is 16.2 Å². The minimum atomic E-state index is -4.24. The standard InChI is InChI=1S/C17H19F3O3S/c1-16(2,3)15(21)23-11-4-5-12-13(6-9-24-14(12)10-11)22-8-7-17(18,19)20/h4-6,10H,7-9H2,1-3H3. The van der Waals surface area contributed by atoms with E-state index >= 15 is 0 Å². The highest BCUT2D eigenvalue weighted by Gasteiger charge is 2.28. The normalized spacial score (nSPS) is 14.7. The summed E-state index contributed by atoms with van der Waals surface area (Å²) in [5.74, 6) is 1.09. The zero-order valence-corrected chi connectivity index (χ0v) is 14.5. The third-order valence-corrected chi connectivity index (χ3v) is 4.17. The fraction of sp³-hybridized carbons (Fsp3) is 0.471. The first kappa shape index (κ1) is 18.7. The van der Waals surface area contributed by atoms with Crippen LogP contribution in [0.3, 0.4) is 0 Å². The van der Waals surface area contributed by atoms with Crippen LogP contribution in [-0.4, -0.2) is 24.5 Å². The number of carbonyl (C=O) groups is 1.